The topological polar surface area (TPSA) is 81.9 Å². The number of hydrogen-bond acceptors (Lipinski definition) is 5. The third kappa shape index (κ3) is 4.00. The number of hydrogen-bond donors (Lipinski definition) is 1. The second-order valence-electron chi connectivity index (χ2n) is 5.21. The number of aromatic nitrogens is 4. The van der Waals surface area contributed by atoms with E-state index in [1.54, 1.807) is 0 Å². The van der Waals surface area contributed by atoms with Crippen molar-refractivity contribution in [2.24, 2.45) is 0 Å². The fourth-order valence-corrected chi connectivity index (χ4v) is 2.35. The van der Waals surface area contributed by atoms with Crippen molar-refractivity contribution in [2.75, 3.05) is 12.4 Å². The molecule has 3 aromatic rings. The number of carbonyl (C=O) groups is 1. The van der Waals surface area contributed by atoms with Crippen molar-refractivity contribution in [3.63, 3.8) is 0 Å². The van der Waals surface area contributed by atoms with Crippen molar-refractivity contribution in [3.8, 4) is 11.7 Å². The Labute approximate surface area is 155 Å². The predicted molar refractivity (Wildman–Crippen MR) is 90.1 cm³/mol. The standard InChI is InChI=1S/C16H11ClF3N5O2/c1-27-13-7-6-12(23-24-13)25-14(16(18,19)20)11(8-21-25)15(26)22-10-4-2-9(17)3-5-10/h2-8H,1H3,(H,22,26). The predicted octanol–water partition coefficient (Wildman–Crippen LogP) is 3.60. The van der Waals surface area contributed by atoms with Gasteiger partial charge in [0.25, 0.3) is 5.91 Å². The number of rotatable bonds is 4. The van der Waals surface area contributed by atoms with E-state index in [1.165, 1.54) is 43.5 Å². The van der Waals surface area contributed by atoms with E-state index in [0.717, 1.165) is 6.20 Å². The molecule has 140 valence electrons. The minimum Gasteiger partial charge on any atom is -0.480 e. The quantitative estimate of drug-likeness (QED) is 0.727. The third-order valence-corrected chi connectivity index (χ3v) is 3.69. The van der Waals surface area contributed by atoms with Crippen LogP contribution in [0.2, 0.25) is 5.02 Å². The summed E-state index contributed by atoms with van der Waals surface area (Å²) in [6.07, 6.45) is -4.04. The van der Waals surface area contributed by atoms with Crippen LogP contribution in [0.3, 0.4) is 0 Å². The molecule has 0 aliphatic heterocycles. The van der Waals surface area contributed by atoms with E-state index in [2.05, 4.69) is 20.6 Å². The molecule has 2 aromatic heterocycles. The Morgan fingerprint density at radius 2 is 1.85 bits per heavy atom. The number of nitrogens with zero attached hydrogens (tertiary/aromatic N) is 4. The second kappa shape index (κ2) is 7.23. The first-order chi connectivity index (χ1) is 12.8. The number of amides is 1. The van der Waals surface area contributed by atoms with Crippen molar-refractivity contribution in [1.82, 2.24) is 20.0 Å². The minimum absolute atomic E-state index is 0.125. The fraction of sp³-hybridized carbons (Fsp3) is 0.125. The second-order valence-corrected chi connectivity index (χ2v) is 5.65. The number of nitrogens with one attached hydrogen (secondary N) is 1. The van der Waals surface area contributed by atoms with Crippen molar-refractivity contribution in [1.29, 1.82) is 0 Å². The minimum atomic E-state index is -4.86. The highest BCUT2D eigenvalue weighted by atomic mass is 35.5. The average Bonchev–Trinajstić information content (AvgIpc) is 3.09. The van der Waals surface area contributed by atoms with Crippen LogP contribution in [0.5, 0.6) is 5.88 Å². The molecule has 11 heteroatoms. The van der Waals surface area contributed by atoms with Gasteiger partial charge in [-0.05, 0) is 30.3 Å². The van der Waals surface area contributed by atoms with Gasteiger partial charge in [0, 0.05) is 16.8 Å². The van der Waals surface area contributed by atoms with Crippen molar-refractivity contribution < 1.29 is 22.7 Å². The Hall–Kier alpha value is -3.14. The SMILES string of the molecule is COc1ccc(-n2ncc(C(=O)Nc3ccc(Cl)cc3)c2C(F)(F)F)nn1. The van der Waals surface area contributed by atoms with Gasteiger partial charge in [0.2, 0.25) is 5.88 Å². The molecule has 1 aromatic carbocycles. The molecule has 0 saturated heterocycles. The molecule has 0 saturated carbocycles. The van der Waals surface area contributed by atoms with Gasteiger partial charge in [-0.1, -0.05) is 11.6 Å². The number of alkyl halides is 3. The highest BCUT2D eigenvalue weighted by molar-refractivity contribution is 6.30. The smallest absolute Gasteiger partial charge is 0.434 e. The van der Waals surface area contributed by atoms with E-state index in [9.17, 15) is 18.0 Å². The van der Waals surface area contributed by atoms with Crippen LogP contribution < -0.4 is 10.1 Å². The Morgan fingerprint density at radius 1 is 1.15 bits per heavy atom. The highest BCUT2D eigenvalue weighted by Crippen LogP contribution is 2.33. The number of carbonyl (C=O) groups excluding carboxylic acids is 1. The largest absolute Gasteiger partial charge is 0.480 e. The molecule has 3 rings (SSSR count). The van der Waals surface area contributed by atoms with Crippen LogP contribution in [0.4, 0.5) is 18.9 Å². The van der Waals surface area contributed by atoms with Gasteiger partial charge >= 0.3 is 6.18 Å². The first kappa shape index (κ1) is 18.6. The van der Waals surface area contributed by atoms with Crippen LogP contribution in [0, 0.1) is 0 Å². The fourth-order valence-electron chi connectivity index (χ4n) is 2.23. The maximum absolute atomic E-state index is 13.6. The van der Waals surface area contributed by atoms with E-state index in [4.69, 9.17) is 16.3 Å². The van der Waals surface area contributed by atoms with Crippen LogP contribution in [-0.4, -0.2) is 33.0 Å². The summed E-state index contributed by atoms with van der Waals surface area (Å²) in [6, 6.07) is 8.50. The van der Waals surface area contributed by atoms with Crippen LogP contribution in [0.1, 0.15) is 16.1 Å². The van der Waals surface area contributed by atoms with Crippen LogP contribution >= 0.6 is 11.6 Å². The normalized spacial score (nSPS) is 11.3. The molecule has 0 aliphatic rings. The summed E-state index contributed by atoms with van der Waals surface area (Å²) in [5, 5.41) is 13.7. The molecule has 0 atom stereocenters. The lowest BCUT2D eigenvalue weighted by atomic mass is 10.2. The summed E-state index contributed by atoms with van der Waals surface area (Å²) < 4.78 is 46.1. The number of benzene rings is 1. The van der Waals surface area contributed by atoms with Gasteiger partial charge in [0.1, 0.15) is 0 Å². The van der Waals surface area contributed by atoms with Gasteiger partial charge in [0.15, 0.2) is 11.5 Å². The molecule has 1 amide bonds. The van der Waals surface area contributed by atoms with E-state index < -0.39 is 23.3 Å². The lowest BCUT2D eigenvalue weighted by molar-refractivity contribution is -0.143. The summed E-state index contributed by atoms with van der Waals surface area (Å²) >= 11 is 5.75. The van der Waals surface area contributed by atoms with Gasteiger partial charge in [-0.25, -0.2) is 4.68 Å². The van der Waals surface area contributed by atoms with Crippen molar-refractivity contribution >= 4 is 23.2 Å². The van der Waals surface area contributed by atoms with Gasteiger partial charge in [-0.2, -0.15) is 18.3 Å². The van der Waals surface area contributed by atoms with Gasteiger partial charge in [0.05, 0.1) is 18.9 Å². The Kier molecular flexibility index (Phi) is 5.00. The van der Waals surface area contributed by atoms with Gasteiger partial charge in [-0.15, -0.1) is 10.2 Å². The first-order valence-electron chi connectivity index (χ1n) is 7.40. The zero-order chi connectivity index (χ0) is 19.6. The molecule has 0 radical (unpaired) electrons. The van der Waals surface area contributed by atoms with Crippen molar-refractivity contribution in [2.45, 2.75) is 6.18 Å². The van der Waals surface area contributed by atoms with E-state index >= 15 is 0 Å². The molecule has 27 heavy (non-hydrogen) atoms. The molecule has 0 unspecified atom stereocenters. The Balaban J connectivity index is 1.99. The summed E-state index contributed by atoms with van der Waals surface area (Å²) in [6.45, 7) is 0. The van der Waals surface area contributed by atoms with Crippen LogP contribution in [-0.2, 0) is 6.18 Å². The lowest BCUT2D eigenvalue weighted by Crippen LogP contribution is -2.21. The Morgan fingerprint density at radius 3 is 2.41 bits per heavy atom. The molecule has 0 aliphatic carbocycles. The molecule has 7 nitrogen and oxygen atoms in total. The summed E-state index contributed by atoms with van der Waals surface area (Å²) in [7, 11) is 1.35. The lowest BCUT2D eigenvalue weighted by Gasteiger charge is -2.12. The molecular weight excluding hydrogens is 387 g/mol. The van der Waals surface area contributed by atoms with E-state index in [-0.39, 0.29) is 17.4 Å². The molecule has 0 spiro atoms. The summed E-state index contributed by atoms with van der Waals surface area (Å²) in [4.78, 5) is 12.4. The summed E-state index contributed by atoms with van der Waals surface area (Å²) in [5.74, 6) is -1.06. The zero-order valence-corrected chi connectivity index (χ0v) is 14.4. The molecular formula is C16H11ClF3N5O2. The van der Waals surface area contributed by atoms with Gasteiger partial charge < -0.3 is 10.1 Å². The number of anilines is 1. The maximum atomic E-state index is 13.6. The molecule has 1 N–H and O–H groups in total. The number of methoxy groups -OCH3 is 1. The van der Waals surface area contributed by atoms with E-state index in [1.807, 2.05) is 0 Å². The van der Waals surface area contributed by atoms with Crippen LogP contribution in [0.15, 0.2) is 42.6 Å². The monoisotopic (exact) mass is 397 g/mol. The maximum Gasteiger partial charge on any atom is 0.434 e. The Bertz CT molecular complexity index is 956. The van der Waals surface area contributed by atoms with Crippen molar-refractivity contribution in [3.05, 3.63) is 58.9 Å². The van der Waals surface area contributed by atoms with Crippen LogP contribution in [0.25, 0.3) is 5.82 Å². The number of ether oxygens (including phenoxy) is 1. The highest BCUT2D eigenvalue weighted by Gasteiger charge is 2.41. The molecule has 0 bridgehead atoms. The third-order valence-electron chi connectivity index (χ3n) is 3.44. The number of halogens is 4. The summed E-state index contributed by atoms with van der Waals surface area (Å²) in [5.41, 5.74) is -1.64. The van der Waals surface area contributed by atoms with E-state index in [0.29, 0.717) is 9.70 Å². The molecule has 0 fully saturated rings. The average molecular weight is 398 g/mol. The molecule has 2 heterocycles. The van der Waals surface area contributed by atoms with Gasteiger partial charge in [-0.3, -0.25) is 4.79 Å². The zero-order valence-electron chi connectivity index (χ0n) is 13.7. The first-order valence-corrected chi connectivity index (χ1v) is 7.77.